The van der Waals surface area contributed by atoms with Crippen LogP contribution in [0.3, 0.4) is 0 Å². The first kappa shape index (κ1) is 35.0. The molecule has 0 saturated carbocycles. The molecule has 0 saturated heterocycles. The van der Waals surface area contributed by atoms with Crippen LogP contribution in [0.15, 0.2) is 127 Å². The summed E-state index contributed by atoms with van der Waals surface area (Å²) in [4.78, 5) is 10.2. The third-order valence-corrected chi connectivity index (χ3v) is 14.5. The van der Waals surface area contributed by atoms with Crippen LogP contribution in [0.5, 0.6) is 5.75 Å². The summed E-state index contributed by atoms with van der Waals surface area (Å²) in [7, 11) is 0. The van der Waals surface area contributed by atoms with E-state index in [0.29, 0.717) is 50.5 Å². The molecule has 1 N–H and O–H groups in total. The van der Waals surface area contributed by atoms with Crippen molar-refractivity contribution in [3.8, 4) is 67.5 Å². The van der Waals surface area contributed by atoms with Crippen LogP contribution in [0, 0.1) is 27.6 Å². The van der Waals surface area contributed by atoms with Gasteiger partial charge in [-0.15, -0.1) is 0 Å². The second-order valence-electron chi connectivity index (χ2n) is 19.6. The number of rotatable bonds is 12. The maximum absolute atomic E-state index is 12.0. The second-order valence-corrected chi connectivity index (χ2v) is 19.6. The number of benzene rings is 6. The minimum atomic E-state index is -2.85. The lowest BCUT2D eigenvalue weighted by atomic mass is 9.68. The topological polar surface area (TPSA) is 50.9 Å². The lowest BCUT2D eigenvalue weighted by molar-refractivity contribution is 0.426. The van der Waals surface area contributed by atoms with Crippen molar-refractivity contribution in [3.63, 3.8) is 0 Å². The molecule has 4 heteroatoms. The monoisotopic (exact) mass is 882 g/mol. The minimum Gasteiger partial charge on any atom is -0.507 e. The fourth-order valence-electron chi connectivity index (χ4n) is 9.47. The molecule has 0 atom stereocenters. The smallest absolute Gasteiger partial charge is 0.149 e. The number of aryl methyl sites for hydroxylation is 3. The maximum atomic E-state index is 12.0. The van der Waals surface area contributed by atoms with E-state index in [1.807, 2.05) is 73.0 Å². The standard InChI is InChI=1S/C62H69N3O/c1-14-61(12,15-2)51-21-19-22-52(62(13,16-3)17-4)56(51)45-28-29-54(41(7)34-45)65-55-23-18-20-49(57(55)64-59(65)50-33-40(6)32-42(8)58(50)66)46-35-47(37-48(36-46)60(9,10)11)53-38-44(30-31-63-53)43-26-24-39(5)25-27-43/h18-38,66H,14-17H2,1-13H3/i5D3,7D3,24D,25D,26D,27D. The van der Waals surface area contributed by atoms with Crippen LogP contribution >= 0.6 is 0 Å². The van der Waals surface area contributed by atoms with Crippen LogP contribution in [0.2, 0.25) is 0 Å². The Balaban J connectivity index is 1.42. The molecule has 0 aliphatic heterocycles. The largest absolute Gasteiger partial charge is 0.507 e. The average Bonchev–Trinajstić information content (AvgIpc) is 3.81. The molecule has 8 rings (SSSR count). The summed E-state index contributed by atoms with van der Waals surface area (Å²) in [6.07, 6.45) is 5.15. The van der Waals surface area contributed by atoms with Crippen molar-refractivity contribution >= 4 is 11.0 Å². The molecule has 2 heterocycles. The van der Waals surface area contributed by atoms with Gasteiger partial charge in [-0.1, -0.05) is 141 Å². The van der Waals surface area contributed by atoms with Gasteiger partial charge in [-0.05, 0) is 179 Å². The third-order valence-electron chi connectivity index (χ3n) is 14.5. The quantitative estimate of drug-likeness (QED) is 0.133. The summed E-state index contributed by atoms with van der Waals surface area (Å²) >= 11 is 0. The van der Waals surface area contributed by atoms with Crippen LogP contribution in [0.4, 0.5) is 0 Å². The number of hydrogen-bond donors (Lipinski definition) is 1. The maximum Gasteiger partial charge on any atom is 0.149 e. The zero-order valence-electron chi connectivity index (χ0n) is 50.4. The summed E-state index contributed by atoms with van der Waals surface area (Å²) in [5, 5.41) is 12.0. The van der Waals surface area contributed by atoms with E-state index in [9.17, 15) is 9.22 Å². The number of fused-ring (bicyclic) bond motifs is 1. The number of pyridine rings is 1. The number of nitrogens with zero attached hydrogens (tertiary/aromatic N) is 3. The van der Waals surface area contributed by atoms with E-state index in [1.54, 1.807) is 12.1 Å². The Hall–Kier alpha value is -6.26. The van der Waals surface area contributed by atoms with E-state index in [1.165, 1.54) is 17.3 Å². The summed E-state index contributed by atoms with van der Waals surface area (Å²) in [5.41, 5.74) is 10.6. The fraction of sp³-hybridized carbons (Fsp3) is 0.323. The van der Waals surface area contributed by atoms with E-state index >= 15 is 0 Å². The third kappa shape index (κ3) is 8.40. The average molecular weight is 882 g/mol. The van der Waals surface area contributed by atoms with Crippen LogP contribution in [-0.4, -0.2) is 19.6 Å². The van der Waals surface area contributed by atoms with Crippen molar-refractivity contribution < 1.29 is 18.8 Å². The summed E-state index contributed by atoms with van der Waals surface area (Å²) in [5.74, 6) is 0.398. The van der Waals surface area contributed by atoms with Gasteiger partial charge in [0.15, 0.2) is 0 Å². The molecule has 0 aliphatic carbocycles. The highest BCUT2D eigenvalue weighted by Gasteiger charge is 2.33. The number of imidazole rings is 1. The van der Waals surface area contributed by atoms with Gasteiger partial charge in [-0.3, -0.25) is 9.55 Å². The number of phenolic OH excluding ortho intramolecular Hbond substituents is 1. The van der Waals surface area contributed by atoms with Gasteiger partial charge in [0.05, 0.1) is 33.5 Å². The highest BCUT2D eigenvalue weighted by Crippen LogP contribution is 2.47. The molecular weight excluding hydrogens is 803 g/mol. The molecule has 66 heavy (non-hydrogen) atoms. The first-order valence-corrected chi connectivity index (χ1v) is 23.4. The van der Waals surface area contributed by atoms with E-state index < -0.39 is 43.4 Å². The predicted molar refractivity (Wildman–Crippen MR) is 281 cm³/mol. The Kier molecular flexibility index (Phi) is 9.47. The molecule has 0 radical (unpaired) electrons. The highest BCUT2D eigenvalue weighted by atomic mass is 16.3. The SMILES string of the molecule is [2H]c1c([2H])c(C([2H])([2H])[2H])c([2H])c([2H])c1-c1ccnc(-c2cc(-c3cccc4c3nc(-c3cc(C)cc(C)c3O)n4-c3ccc(-c4c(C(C)(CC)CC)cccc4C(C)(CC)CC)cc3C([2H])([2H])[2H])cc(C(C)(C)C)c2)c1. The van der Waals surface area contributed by atoms with Crippen molar-refractivity contribution in [1.82, 2.24) is 14.5 Å². The summed E-state index contributed by atoms with van der Waals surface area (Å²) < 4.78 is 88.3. The normalized spacial score (nSPS) is 14.9. The van der Waals surface area contributed by atoms with E-state index in [-0.39, 0.29) is 33.1 Å². The fourth-order valence-corrected chi connectivity index (χ4v) is 9.47. The number of aromatic nitrogens is 3. The molecule has 0 spiro atoms. The van der Waals surface area contributed by atoms with Crippen molar-refractivity contribution in [2.45, 2.75) is 132 Å². The van der Waals surface area contributed by atoms with Crippen LogP contribution in [0.1, 0.15) is 141 Å². The Morgan fingerprint density at radius 1 is 0.606 bits per heavy atom. The number of aromatic hydroxyl groups is 1. The van der Waals surface area contributed by atoms with Crippen LogP contribution in [0.25, 0.3) is 72.7 Å². The molecule has 4 nitrogen and oxygen atoms in total. The molecule has 338 valence electrons. The lowest BCUT2D eigenvalue weighted by Crippen LogP contribution is -2.25. The van der Waals surface area contributed by atoms with E-state index in [4.69, 9.17) is 19.6 Å². The minimum absolute atomic E-state index is 0.0314. The molecule has 0 fully saturated rings. The van der Waals surface area contributed by atoms with Crippen molar-refractivity contribution in [2.24, 2.45) is 0 Å². The Bertz CT molecular complexity index is 3490. The van der Waals surface area contributed by atoms with Crippen molar-refractivity contribution in [2.75, 3.05) is 0 Å². The molecule has 8 aromatic rings. The highest BCUT2D eigenvalue weighted by molar-refractivity contribution is 5.97. The Morgan fingerprint density at radius 3 is 1.91 bits per heavy atom. The first-order valence-electron chi connectivity index (χ1n) is 28.4. The molecule has 0 amide bonds. The molecule has 6 aromatic carbocycles. The van der Waals surface area contributed by atoms with Crippen LogP contribution in [-0.2, 0) is 16.2 Å². The zero-order valence-corrected chi connectivity index (χ0v) is 40.4. The summed E-state index contributed by atoms with van der Waals surface area (Å²) in [6.45, 7) is 18.1. The lowest BCUT2D eigenvalue weighted by Gasteiger charge is -2.36. The van der Waals surface area contributed by atoms with Gasteiger partial charge in [-0.25, -0.2) is 4.98 Å². The van der Waals surface area contributed by atoms with Gasteiger partial charge in [0.1, 0.15) is 11.6 Å². The number of phenols is 1. The molecular formula is C62H69N3O. The van der Waals surface area contributed by atoms with Gasteiger partial charge < -0.3 is 5.11 Å². The van der Waals surface area contributed by atoms with E-state index in [0.717, 1.165) is 59.1 Å². The van der Waals surface area contributed by atoms with Gasteiger partial charge in [0, 0.05) is 25.5 Å². The molecule has 2 aromatic heterocycles. The second kappa shape index (κ2) is 17.9. The van der Waals surface area contributed by atoms with Gasteiger partial charge >= 0.3 is 0 Å². The van der Waals surface area contributed by atoms with E-state index in [2.05, 4.69) is 92.6 Å². The van der Waals surface area contributed by atoms with Gasteiger partial charge in [-0.2, -0.15) is 0 Å². The molecule has 0 unspecified atom stereocenters. The van der Waals surface area contributed by atoms with Crippen molar-refractivity contribution in [1.29, 1.82) is 0 Å². The number of hydrogen-bond acceptors (Lipinski definition) is 3. The summed E-state index contributed by atoms with van der Waals surface area (Å²) in [6, 6.07) is 29.2. The Morgan fingerprint density at radius 2 is 1.27 bits per heavy atom. The Labute approximate surface area is 408 Å². The molecule has 0 aliphatic rings. The van der Waals surface area contributed by atoms with Crippen molar-refractivity contribution in [3.05, 3.63) is 166 Å². The van der Waals surface area contributed by atoms with Gasteiger partial charge in [0.25, 0.3) is 0 Å². The molecule has 0 bridgehead atoms. The first-order chi connectivity index (χ1) is 35.5. The number of para-hydroxylation sites is 1. The van der Waals surface area contributed by atoms with Gasteiger partial charge in [0.2, 0.25) is 0 Å². The predicted octanol–water partition coefficient (Wildman–Crippen LogP) is 17.1. The van der Waals surface area contributed by atoms with Crippen LogP contribution < -0.4 is 0 Å². The zero-order chi connectivity index (χ0) is 55.8.